The summed E-state index contributed by atoms with van der Waals surface area (Å²) < 4.78 is 0.999. The zero-order chi connectivity index (χ0) is 16.6. The predicted molar refractivity (Wildman–Crippen MR) is 101 cm³/mol. The van der Waals surface area contributed by atoms with Gasteiger partial charge in [0.2, 0.25) is 5.91 Å². The summed E-state index contributed by atoms with van der Waals surface area (Å²) in [6.45, 7) is 3.92. The van der Waals surface area contributed by atoms with E-state index < -0.39 is 0 Å². The number of carbonyl (C=O) groups excluding carboxylic acids is 1. The van der Waals surface area contributed by atoms with E-state index in [1.54, 1.807) is 11.3 Å². The summed E-state index contributed by atoms with van der Waals surface area (Å²) in [5.74, 6) is -0.387. The number of hydrogen-bond donors (Lipinski definition) is 1. The average Bonchev–Trinajstić information content (AvgIpc) is 2.79. The van der Waals surface area contributed by atoms with Gasteiger partial charge in [0.05, 0.1) is 16.8 Å². The maximum Gasteiger partial charge on any atom is 0.250 e. The minimum Gasteiger partial charge on any atom is -0.366 e. The molecule has 0 saturated carbocycles. The molecule has 0 radical (unpaired) electrons. The Labute approximate surface area is 147 Å². The third-order valence-electron chi connectivity index (χ3n) is 3.74. The molecule has 0 aliphatic rings. The molecule has 2 N–H and O–H groups in total. The van der Waals surface area contributed by atoms with Gasteiger partial charge in [0.15, 0.2) is 0 Å². The van der Waals surface area contributed by atoms with Gasteiger partial charge in [0.1, 0.15) is 0 Å². The number of thiophene rings is 1. The molecule has 0 fully saturated rings. The highest BCUT2D eigenvalue weighted by atomic mass is 79.9. The van der Waals surface area contributed by atoms with Crippen molar-refractivity contribution in [2.45, 2.75) is 13.8 Å². The molecule has 1 aromatic carbocycles. The van der Waals surface area contributed by atoms with Crippen molar-refractivity contribution in [2.75, 3.05) is 0 Å². The SMILES string of the molecule is Cc1sc(C=Cc2ccc3ccc(Br)cc3n2)c(C(N)=O)c1C. The number of hydrogen-bond acceptors (Lipinski definition) is 3. The van der Waals surface area contributed by atoms with Gasteiger partial charge >= 0.3 is 0 Å². The molecule has 116 valence electrons. The van der Waals surface area contributed by atoms with E-state index in [4.69, 9.17) is 5.73 Å². The van der Waals surface area contributed by atoms with Crippen LogP contribution in [0.2, 0.25) is 0 Å². The van der Waals surface area contributed by atoms with E-state index >= 15 is 0 Å². The minimum absolute atomic E-state index is 0.387. The standard InChI is InChI=1S/C18H15BrN2OS/c1-10-11(2)23-16(17(10)18(20)22)8-7-14-6-4-12-3-5-13(19)9-15(12)21-14/h3-9H,1-2H3,(H2,20,22). The van der Waals surface area contributed by atoms with Gasteiger partial charge in [-0.2, -0.15) is 0 Å². The van der Waals surface area contributed by atoms with Crippen LogP contribution in [0.4, 0.5) is 0 Å². The zero-order valence-corrected chi connectivity index (χ0v) is 15.2. The monoisotopic (exact) mass is 386 g/mol. The lowest BCUT2D eigenvalue weighted by Crippen LogP contribution is -2.12. The number of carbonyl (C=O) groups is 1. The highest BCUT2D eigenvalue weighted by Gasteiger charge is 2.15. The number of aromatic nitrogens is 1. The molecule has 3 aromatic rings. The van der Waals surface area contributed by atoms with Crippen LogP contribution < -0.4 is 5.73 Å². The van der Waals surface area contributed by atoms with Crippen LogP contribution in [-0.4, -0.2) is 10.9 Å². The molecule has 5 heteroatoms. The second-order valence-electron chi connectivity index (χ2n) is 5.29. The van der Waals surface area contributed by atoms with Crippen LogP contribution in [0.25, 0.3) is 23.1 Å². The first kappa shape index (κ1) is 15.9. The first-order valence-corrected chi connectivity index (χ1v) is 8.71. The van der Waals surface area contributed by atoms with E-state index in [1.165, 1.54) is 0 Å². The number of pyridine rings is 1. The number of nitrogens with two attached hydrogens (primary N) is 1. The lowest BCUT2D eigenvalue weighted by atomic mass is 10.1. The van der Waals surface area contributed by atoms with Gasteiger partial charge < -0.3 is 5.73 Å². The Morgan fingerprint density at radius 1 is 1.22 bits per heavy atom. The van der Waals surface area contributed by atoms with Crippen molar-refractivity contribution < 1.29 is 4.79 Å². The number of primary amides is 1. The van der Waals surface area contributed by atoms with Crippen molar-refractivity contribution >= 4 is 56.2 Å². The smallest absolute Gasteiger partial charge is 0.250 e. The zero-order valence-electron chi connectivity index (χ0n) is 12.8. The third kappa shape index (κ3) is 3.21. The first-order valence-electron chi connectivity index (χ1n) is 7.10. The summed E-state index contributed by atoms with van der Waals surface area (Å²) in [4.78, 5) is 18.3. The van der Waals surface area contributed by atoms with E-state index in [1.807, 2.05) is 56.3 Å². The molecule has 0 atom stereocenters. The lowest BCUT2D eigenvalue weighted by Gasteiger charge is -2.00. The lowest BCUT2D eigenvalue weighted by molar-refractivity contribution is 0.1000. The molecule has 3 rings (SSSR count). The Bertz CT molecular complexity index is 944. The molecule has 1 amide bonds. The fraction of sp³-hybridized carbons (Fsp3) is 0.111. The van der Waals surface area contributed by atoms with E-state index in [9.17, 15) is 4.79 Å². The Hall–Kier alpha value is -1.98. The van der Waals surface area contributed by atoms with Gasteiger partial charge in [-0.15, -0.1) is 11.3 Å². The van der Waals surface area contributed by atoms with E-state index in [2.05, 4.69) is 20.9 Å². The van der Waals surface area contributed by atoms with Crippen LogP contribution in [0.1, 0.15) is 31.4 Å². The van der Waals surface area contributed by atoms with Crippen molar-refractivity contribution in [1.82, 2.24) is 4.98 Å². The first-order chi connectivity index (χ1) is 11.0. The molecule has 0 saturated heterocycles. The molecule has 0 aliphatic heterocycles. The average molecular weight is 387 g/mol. The molecular formula is C18H15BrN2OS. The van der Waals surface area contributed by atoms with E-state index in [0.717, 1.165) is 36.4 Å². The topological polar surface area (TPSA) is 56.0 Å². The number of rotatable bonds is 3. The van der Waals surface area contributed by atoms with Crippen molar-refractivity contribution in [3.05, 3.63) is 61.4 Å². The van der Waals surface area contributed by atoms with Gasteiger partial charge in [-0.05, 0) is 49.8 Å². The number of amides is 1. The van der Waals surface area contributed by atoms with Gasteiger partial charge in [-0.25, -0.2) is 4.98 Å². The highest BCUT2D eigenvalue weighted by molar-refractivity contribution is 9.10. The normalized spacial score (nSPS) is 11.4. The van der Waals surface area contributed by atoms with Crippen molar-refractivity contribution in [1.29, 1.82) is 0 Å². The number of halogens is 1. The molecule has 0 spiro atoms. The van der Waals surface area contributed by atoms with Crippen LogP contribution in [-0.2, 0) is 0 Å². The molecular weight excluding hydrogens is 372 g/mol. The summed E-state index contributed by atoms with van der Waals surface area (Å²) in [6, 6.07) is 10.0. The molecule has 0 aliphatic carbocycles. The molecule has 0 bridgehead atoms. The molecule has 3 nitrogen and oxygen atoms in total. The minimum atomic E-state index is -0.387. The summed E-state index contributed by atoms with van der Waals surface area (Å²) >= 11 is 5.03. The third-order valence-corrected chi connectivity index (χ3v) is 5.41. The summed E-state index contributed by atoms with van der Waals surface area (Å²) in [7, 11) is 0. The van der Waals surface area contributed by atoms with Crippen molar-refractivity contribution in [3.8, 4) is 0 Å². The highest BCUT2D eigenvalue weighted by Crippen LogP contribution is 2.29. The Kier molecular flexibility index (Phi) is 4.33. The Balaban J connectivity index is 2.00. The number of fused-ring (bicyclic) bond motifs is 1. The number of benzene rings is 1. The van der Waals surface area contributed by atoms with Gasteiger partial charge in [0, 0.05) is 19.6 Å². The maximum absolute atomic E-state index is 11.7. The van der Waals surface area contributed by atoms with Crippen LogP contribution in [0.3, 0.4) is 0 Å². The fourth-order valence-corrected chi connectivity index (χ4v) is 3.86. The van der Waals surface area contributed by atoms with Gasteiger partial charge in [0.25, 0.3) is 0 Å². The summed E-state index contributed by atoms with van der Waals surface area (Å²) in [5.41, 5.74) is 8.83. The Morgan fingerprint density at radius 2 is 1.96 bits per heavy atom. The quantitative estimate of drug-likeness (QED) is 0.692. The summed E-state index contributed by atoms with van der Waals surface area (Å²) in [5, 5.41) is 1.09. The van der Waals surface area contributed by atoms with Crippen LogP contribution >= 0.6 is 27.3 Å². The molecule has 23 heavy (non-hydrogen) atoms. The number of nitrogens with zero attached hydrogens (tertiary/aromatic N) is 1. The maximum atomic E-state index is 11.7. The van der Waals surface area contributed by atoms with Crippen molar-refractivity contribution in [2.24, 2.45) is 5.73 Å². The van der Waals surface area contributed by atoms with E-state index in [0.29, 0.717) is 5.56 Å². The molecule has 2 heterocycles. The van der Waals surface area contributed by atoms with Gasteiger partial charge in [-0.3, -0.25) is 4.79 Å². The number of aryl methyl sites for hydroxylation is 1. The Morgan fingerprint density at radius 3 is 2.70 bits per heavy atom. The van der Waals surface area contributed by atoms with Crippen molar-refractivity contribution in [3.63, 3.8) is 0 Å². The predicted octanol–water partition coefficient (Wildman–Crippen LogP) is 4.94. The largest absolute Gasteiger partial charge is 0.366 e. The van der Waals surface area contributed by atoms with Crippen LogP contribution in [0.5, 0.6) is 0 Å². The van der Waals surface area contributed by atoms with E-state index in [-0.39, 0.29) is 5.91 Å². The van der Waals surface area contributed by atoms with Crippen LogP contribution in [0.15, 0.2) is 34.8 Å². The van der Waals surface area contributed by atoms with Gasteiger partial charge in [-0.1, -0.05) is 28.1 Å². The second kappa shape index (κ2) is 6.26. The molecule has 2 aromatic heterocycles. The van der Waals surface area contributed by atoms with Crippen LogP contribution in [0, 0.1) is 13.8 Å². The fourth-order valence-electron chi connectivity index (χ4n) is 2.44. The summed E-state index contributed by atoms with van der Waals surface area (Å²) in [6.07, 6.45) is 3.83. The molecule has 0 unspecified atom stereocenters. The second-order valence-corrected chi connectivity index (χ2v) is 7.47.